The maximum atomic E-state index is 13.9. The highest BCUT2D eigenvalue weighted by Crippen LogP contribution is 2.21. The quantitative estimate of drug-likeness (QED) is 0.835. The molecule has 0 bridgehead atoms. The molecule has 0 saturated carbocycles. The number of nitrogens with zero attached hydrogens (tertiary/aromatic N) is 2. The van der Waals surface area contributed by atoms with E-state index in [-0.39, 0.29) is 11.7 Å². The van der Waals surface area contributed by atoms with Crippen molar-refractivity contribution in [3.05, 3.63) is 60.4 Å². The van der Waals surface area contributed by atoms with Gasteiger partial charge in [-0.15, -0.1) is 0 Å². The normalized spacial score (nSPS) is 15.8. The van der Waals surface area contributed by atoms with Crippen LogP contribution in [0, 0.1) is 5.82 Å². The van der Waals surface area contributed by atoms with Crippen LogP contribution in [0.5, 0.6) is 5.75 Å². The molecule has 1 atom stereocenters. The van der Waals surface area contributed by atoms with E-state index in [4.69, 9.17) is 4.74 Å². The first-order chi connectivity index (χ1) is 12.2. The van der Waals surface area contributed by atoms with Crippen molar-refractivity contribution in [2.45, 2.75) is 19.4 Å². The molecule has 25 heavy (non-hydrogen) atoms. The average Bonchev–Trinajstić information content (AvgIpc) is 2.67. The Kier molecular flexibility index (Phi) is 5.53. The van der Waals surface area contributed by atoms with Crippen molar-refractivity contribution in [2.75, 3.05) is 31.1 Å². The van der Waals surface area contributed by atoms with Gasteiger partial charge in [0.05, 0.1) is 5.69 Å². The molecule has 2 aromatic carbocycles. The van der Waals surface area contributed by atoms with Crippen molar-refractivity contribution >= 4 is 11.6 Å². The van der Waals surface area contributed by atoms with Crippen molar-refractivity contribution in [2.24, 2.45) is 0 Å². The fraction of sp³-hybridized carbons (Fsp3) is 0.350. The van der Waals surface area contributed by atoms with Crippen molar-refractivity contribution in [3.63, 3.8) is 0 Å². The topological polar surface area (TPSA) is 32.8 Å². The van der Waals surface area contributed by atoms with E-state index in [1.165, 1.54) is 6.07 Å². The van der Waals surface area contributed by atoms with Gasteiger partial charge < -0.3 is 14.5 Å². The van der Waals surface area contributed by atoms with Gasteiger partial charge in [0.15, 0.2) is 6.10 Å². The van der Waals surface area contributed by atoms with Gasteiger partial charge in [-0.25, -0.2) is 4.39 Å². The Morgan fingerprint density at radius 1 is 1.04 bits per heavy atom. The third-order valence-electron chi connectivity index (χ3n) is 4.45. The number of hydrogen-bond donors (Lipinski definition) is 0. The smallest absolute Gasteiger partial charge is 0.263 e. The Hall–Kier alpha value is -2.56. The largest absolute Gasteiger partial charge is 0.481 e. The lowest BCUT2D eigenvalue weighted by molar-refractivity contribution is -0.139. The van der Waals surface area contributed by atoms with E-state index in [0.29, 0.717) is 44.0 Å². The third-order valence-corrected chi connectivity index (χ3v) is 4.45. The Balaban J connectivity index is 1.59. The molecule has 0 N–H and O–H groups in total. The molecular formula is C20H23FN2O2. The van der Waals surface area contributed by atoms with Crippen LogP contribution < -0.4 is 9.64 Å². The summed E-state index contributed by atoms with van der Waals surface area (Å²) in [4.78, 5) is 16.6. The first-order valence-corrected chi connectivity index (χ1v) is 8.69. The molecule has 132 valence electrons. The van der Waals surface area contributed by atoms with E-state index < -0.39 is 6.10 Å². The number of piperazine rings is 1. The van der Waals surface area contributed by atoms with E-state index in [1.54, 1.807) is 12.1 Å². The van der Waals surface area contributed by atoms with E-state index >= 15 is 0 Å². The number of carbonyl (C=O) groups is 1. The summed E-state index contributed by atoms with van der Waals surface area (Å²) < 4.78 is 19.8. The lowest BCUT2D eigenvalue weighted by Crippen LogP contribution is -2.52. The van der Waals surface area contributed by atoms with Crippen molar-refractivity contribution < 1.29 is 13.9 Å². The Morgan fingerprint density at radius 3 is 2.32 bits per heavy atom. The SMILES string of the molecule is CC[C@H](Oc1ccccc1)C(=O)N1CCN(c2ccccc2F)CC1. The van der Waals surface area contributed by atoms with Crippen LogP contribution in [-0.2, 0) is 4.79 Å². The molecule has 0 unspecified atom stereocenters. The summed E-state index contributed by atoms with van der Waals surface area (Å²) in [6, 6.07) is 16.2. The molecule has 0 aliphatic carbocycles. The minimum atomic E-state index is -0.484. The lowest BCUT2D eigenvalue weighted by Gasteiger charge is -2.37. The highest BCUT2D eigenvalue weighted by Gasteiger charge is 2.28. The molecular weight excluding hydrogens is 319 g/mol. The minimum absolute atomic E-state index is 0.000429. The number of benzene rings is 2. The molecule has 0 spiro atoms. The molecule has 1 aliphatic rings. The first-order valence-electron chi connectivity index (χ1n) is 8.69. The fourth-order valence-corrected chi connectivity index (χ4v) is 3.05. The summed E-state index contributed by atoms with van der Waals surface area (Å²) in [6.07, 6.45) is 0.128. The van der Waals surface area contributed by atoms with Gasteiger partial charge in [0.25, 0.3) is 5.91 Å². The predicted molar refractivity (Wildman–Crippen MR) is 96.3 cm³/mol. The van der Waals surface area contributed by atoms with Gasteiger partial charge in [-0.3, -0.25) is 4.79 Å². The predicted octanol–water partition coefficient (Wildman–Crippen LogP) is 3.33. The highest BCUT2D eigenvalue weighted by molar-refractivity contribution is 5.81. The van der Waals surface area contributed by atoms with Gasteiger partial charge in [0.2, 0.25) is 0 Å². The maximum absolute atomic E-state index is 13.9. The Labute approximate surface area is 147 Å². The Bertz CT molecular complexity index is 700. The van der Waals surface area contributed by atoms with Gasteiger partial charge in [0.1, 0.15) is 11.6 Å². The Morgan fingerprint density at radius 2 is 1.68 bits per heavy atom. The number of anilines is 1. The third kappa shape index (κ3) is 4.10. The van der Waals surface area contributed by atoms with Crippen molar-refractivity contribution in [1.29, 1.82) is 0 Å². The van der Waals surface area contributed by atoms with E-state index in [0.717, 1.165) is 0 Å². The van der Waals surface area contributed by atoms with Crippen LogP contribution in [0.3, 0.4) is 0 Å². The van der Waals surface area contributed by atoms with Gasteiger partial charge in [-0.05, 0) is 30.7 Å². The van der Waals surface area contributed by atoms with Crippen LogP contribution in [0.25, 0.3) is 0 Å². The van der Waals surface area contributed by atoms with Crippen molar-refractivity contribution in [1.82, 2.24) is 4.90 Å². The number of halogens is 1. The molecule has 1 heterocycles. The zero-order valence-corrected chi connectivity index (χ0v) is 14.4. The second kappa shape index (κ2) is 8.01. The van der Waals surface area contributed by atoms with Crippen molar-refractivity contribution in [3.8, 4) is 5.75 Å². The van der Waals surface area contributed by atoms with E-state index in [1.807, 2.05) is 53.1 Å². The van der Waals surface area contributed by atoms with E-state index in [9.17, 15) is 9.18 Å². The number of ether oxygens (including phenoxy) is 1. The molecule has 1 fully saturated rings. The first kappa shape index (κ1) is 17.3. The minimum Gasteiger partial charge on any atom is -0.481 e. The standard InChI is InChI=1S/C20H23FN2O2/c1-2-19(25-16-8-4-3-5-9-16)20(24)23-14-12-22(13-15-23)18-11-7-6-10-17(18)21/h3-11,19H,2,12-15H2,1H3/t19-/m0/s1. The summed E-state index contributed by atoms with van der Waals surface area (Å²) in [7, 11) is 0. The summed E-state index contributed by atoms with van der Waals surface area (Å²) >= 11 is 0. The zero-order chi connectivity index (χ0) is 17.6. The van der Waals surface area contributed by atoms with Gasteiger partial charge in [0, 0.05) is 26.2 Å². The van der Waals surface area contributed by atoms with E-state index in [2.05, 4.69) is 0 Å². The number of rotatable bonds is 5. The van der Waals surface area contributed by atoms with Crippen LogP contribution in [0.15, 0.2) is 54.6 Å². The second-order valence-electron chi connectivity index (χ2n) is 6.09. The lowest BCUT2D eigenvalue weighted by atomic mass is 10.2. The molecule has 4 nitrogen and oxygen atoms in total. The molecule has 0 aromatic heterocycles. The number of amides is 1. The summed E-state index contributed by atoms with van der Waals surface area (Å²) in [5.74, 6) is 0.480. The molecule has 5 heteroatoms. The van der Waals surface area contributed by atoms with Gasteiger partial charge >= 0.3 is 0 Å². The second-order valence-corrected chi connectivity index (χ2v) is 6.09. The van der Waals surface area contributed by atoms with Crippen LogP contribution in [-0.4, -0.2) is 43.1 Å². The van der Waals surface area contributed by atoms with Crippen LogP contribution in [0.4, 0.5) is 10.1 Å². The maximum Gasteiger partial charge on any atom is 0.263 e. The summed E-state index contributed by atoms with van der Waals surface area (Å²) in [5, 5.41) is 0. The van der Waals surface area contributed by atoms with Crippen LogP contribution >= 0.6 is 0 Å². The monoisotopic (exact) mass is 342 g/mol. The molecule has 2 aromatic rings. The number of carbonyl (C=O) groups excluding carboxylic acids is 1. The summed E-state index contributed by atoms with van der Waals surface area (Å²) in [6.45, 7) is 4.33. The highest BCUT2D eigenvalue weighted by atomic mass is 19.1. The van der Waals surface area contributed by atoms with Gasteiger partial charge in [-0.1, -0.05) is 37.3 Å². The molecule has 1 amide bonds. The molecule has 1 aliphatic heterocycles. The number of hydrogen-bond acceptors (Lipinski definition) is 3. The van der Waals surface area contributed by atoms with Crippen LogP contribution in [0.2, 0.25) is 0 Å². The van der Waals surface area contributed by atoms with Crippen LogP contribution in [0.1, 0.15) is 13.3 Å². The van der Waals surface area contributed by atoms with Gasteiger partial charge in [-0.2, -0.15) is 0 Å². The summed E-state index contributed by atoms with van der Waals surface area (Å²) in [5.41, 5.74) is 0.599. The molecule has 0 radical (unpaired) electrons. The fourth-order valence-electron chi connectivity index (χ4n) is 3.05. The molecule has 1 saturated heterocycles. The zero-order valence-electron chi connectivity index (χ0n) is 14.4. The number of para-hydroxylation sites is 2. The average molecular weight is 342 g/mol. The molecule has 3 rings (SSSR count).